The highest BCUT2D eigenvalue weighted by Gasteiger charge is 2.25. The summed E-state index contributed by atoms with van der Waals surface area (Å²) in [6.45, 7) is 1.06. The minimum Gasteiger partial charge on any atom is -0.394 e. The van der Waals surface area contributed by atoms with Gasteiger partial charge in [-0.3, -0.25) is 4.79 Å². The van der Waals surface area contributed by atoms with E-state index in [4.69, 9.17) is 9.47 Å². The van der Waals surface area contributed by atoms with Crippen molar-refractivity contribution in [2.24, 2.45) is 0 Å². The van der Waals surface area contributed by atoms with Crippen LogP contribution in [-0.4, -0.2) is 43.5 Å². The van der Waals surface area contributed by atoms with Crippen LogP contribution >= 0.6 is 0 Å². The third-order valence-corrected chi connectivity index (χ3v) is 2.81. The number of hydrogen-bond acceptors (Lipinski definition) is 4. The van der Waals surface area contributed by atoms with Crippen molar-refractivity contribution < 1.29 is 19.4 Å². The Hall–Kier alpha value is -1.43. The molecule has 0 aromatic heterocycles. The summed E-state index contributed by atoms with van der Waals surface area (Å²) >= 11 is 0. The number of carbonyl (C=O) groups excluding carboxylic acids is 1. The maximum Gasteiger partial charge on any atom is 0.252 e. The second-order valence-corrected chi connectivity index (χ2v) is 4.09. The molecule has 1 aliphatic heterocycles. The molecule has 5 heteroatoms. The fraction of sp³-hybridized carbons (Fsp3) is 0.462. The number of aliphatic hydroxyl groups excluding tert-OH is 1. The highest BCUT2D eigenvalue weighted by atomic mass is 16.6. The minimum atomic E-state index is -0.587. The van der Waals surface area contributed by atoms with E-state index in [1.54, 1.807) is 0 Å². The summed E-state index contributed by atoms with van der Waals surface area (Å²) in [5.41, 5.74) is 0.866. The lowest BCUT2D eigenvalue weighted by Crippen LogP contribution is -2.44. The van der Waals surface area contributed by atoms with Gasteiger partial charge in [-0.25, -0.2) is 0 Å². The standard InChI is InChI=1S/C13H17NO4/c15-8-11(10-4-2-1-3-5-10)14-13(16)12-9-17-6-7-18-12/h1-5,11-12,15H,6-9H2,(H,14,16). The monoisotopic (exact) mass is 251 g/mol. The Balaban J connectivity index is 1.95. The van der Waals surface area contributed by atoms with E-state index in [-0.39, 0.29) is 19.1 Å². The van der Waals surface area contributed by atoms with Crippen LogP contribution < -0.4 is 5.32 Å². The van der Waals surface area contributed by atoms with Crippen LogP contribution in [0.2, 0.25) is 0 Å². The van der Waals surface area contributed by atoms with Gasteiger partial charge in [0.2, 0.25) is 0 Å². The summed E-state index contributed by atoms with van der Waals surface area (Å²) in [5.74, 6) is -0.252. The number of rotatable bonds is 4. The van der Waals surface area contributed by atoms with Crippen LogP contribution in [-0.2, 0) is 14.3 Å². The first-order chi connectivity index (χ1) is 8.81. The van der Waals surface area contributed by atoms with Crippen molar-refractivity contribution in [3.63, 3.8) is 0 Å². The number of ether oxygens (including phenoxy) is 2. The van der Waals surface area contributed by atoms with Gasteiger partial charge in [0.1, 0.15) is 0 Å². The van der Waals surface area contributed by atoms with E-state index >= 15 is 0 Å². The molecule has 98 valence electrons. The summed E-state index contributed by atoms with van der Waals surface area (Å²) in [6.07, 6.45) is -0.587. The lowest BCUT2D eigenvalue weighted by molar-refractivity contribution is -0.148. The average molecular weight is 251 g/mol. The van der Waals surface area contributed by atoms with Crippen molar-refractivity contribution >= 4 is 5.91 Å². The Bertz CT molecular complexity index is 376. The van der Waals surface area contributed by atoms with E-state index < -0.39 is 12.1 Å². The summed E-state index contributed by atoms with van der Waals surface area (Å²) < 4.78 is 10.5. The minimum absolute atomic E-state index is 0.149. The van der Waals surface area contributed by atoms with Gasteiger partial charge in [0.05, 0.1) is 32.5 Å². The third kappa shape index (κ3) is 3.29. The van der Waals surface area contributed by atoms with E-state index in [2.05, 4.69) is 5.32 Å². The molecule has 18 heavy (non-hydrogen) atoms. The first-order valence-corrected chi connectivity index (χ1v) is 5.97. The van der Waals surface area contributed by atoms with Crippen LogP contribution in [0, 0.1) is 0 Å². The van der Waals surface area contributed by atoms with Gasteiger partial charge in [-0.1, -0.05) is 30.3 Å². The van der Waals surface area contributed by atoms with Gasteiger partial charge in [-0.05, 0) is 5.56 Å². The second kappa shape index (κ2) is 6.49. The zero-order valence-electron chi connectivity index (χ0n) is 10.0. The van der Waals surface area contributed by atoms with E-state index in [1.807, 2.05) is 30.3 Å². The lowest BCUT2D eigenvalue weighted by Gasteiger charge is -2.24. The Labute approximate surface area is 106 Å². The Kier molecular flexibility index (Phi) is 4.69. The Morgan fingerprint density at radius 3 is 2.78 bits per heavy atom. The van der Waals surface area contributed by atoms with Crippen molar-refractivity contribution in [3.8, 4) is 0 Å². The summed E-state index contributed by atoms with van der Waals surface area (Å²) in [6, 6.07) is 8.93. The maximum atomic E-state index is 11.9. The predicted octanol–water partition coefficient (Wildman–Crippen LogP) is 0.252. The lowest BCUT2D eigenvalue weighted by atomic mass is 10.1. The van der Waals surface area contributed by atoms with Crippen LogP contribution in [0.1, 0.15) is 11.6 Å². The number of aliphatic hydroxyl groups is 1. The van der Waals surface area contributed by atoms with Gasteiger partial charge in [0.15, 0.2) is 6.10 Å². The molecule has 0 radical (unpaired) electrons. The molecule has 0 spiro atoms. The van der Waals surface area contributed by atoms with Gasteiger partial charge in [0, 0.05) is 0 Å². The first kappa shape index (κ1) is 13.0. The normalized spacial score (nSPS) is 21.3. The van der Waals surface area contributed by atoms with E-state index in [9.17, 15) is 9.90 Å². The number of carbonyl (C=O) groups is 1. The second-order valence-electron chi connectivity index (χ2n) is 4.09. The fourth-order valence-corrected chi connectivity index (χ4v) is 1.82. The molecule has 1 aromatic rings. The van der Waals surface area contributed by atoms with Crippen LogP contribution in [0.3, 0.4) is 0 Å². The molecular weight excluding hydrogens is 234 g/mol. The van der Waals surface area contributed by atoms with Crippen LogP contribution in [0.15, 0.2) is 30.3 Å². The highest BCUT2D eigenvalue weighted by Crippen LogP contribution is 2.12. The molecule has 1 heterocycles. The topological polar surface area (TPSA) is 67.8 Å². The molecule has 2 rings (SSSR count). The smallest absolute Gasteiger partial charge is 0.252 e. The zero-order valence-corrected chi connectivity index (χ0v) is 10.0. The van der Waals surface area contributed by atoms with Crippen molar-refractivity contribution in [2.45, 2.75) is 12.1 Å². The predicted molar refractivity (Wildman–Crippen MR) is 65.0 cm³/mol. The van der Waals surface area contributed by atoms with Crippen LogP contribution in [0.25, 0.3) is 0 Å². The zero-order chi connectivity index (χ0) is 12.8. The molecule has 2 N–H and O–H groups in total. The van der Waals surface area contributed by atoms with Crippen molar-refractivity contribution in [3.05, 3.63) is 35.9 Å². The van der Waals surface area contributed by atoms with Crippen molar-refractivity contribution in [1.29, 1.82) is 0 Å². The maximum absolute atomic E-state index is 11.9. The molecule has 0 bridgehead atoms. The fourth-order valence-electron chi connectivity index (χ4n) is 1.82. The quantitative estimate of drug-likeness (QED) is 0.805. The third-order valence-electron chi connectivity index (χ3n) is 2.81. The number of nitrogens with one attached hydrogen (secondary N) is 1. The molecule has 1 aromatic carbocycles. The summed E-state index contributed by atoms with van der Waals surface area (Å²) in [5, 5.41) is 12.1. The largest absolute Gasteiger partial charge is 0.394 e. The number of benzene rings is 1. The molecular formula is C13H17NO4. The van der Waals surface area contributed by atoms with Crippen LogP contribution in [0.5, 0.6) is 0 Å². The average Bonchev–Trinajstić information content (AvgIpc) is 2.46. The van der Waals surface area contributed by atoms with Gasteiger partial charge in [0.25, 0.3) is 5.91 Å². The molecule has 1 fully saturated rings. The molecule has 0 aliphatic carbocycles. The molecule has 5 nitrogen and oxygen atoms in total. The summed E-state index contributed by atoms with van der Waals surface area (Å²) in [7, 11) is 0. The SMILES string of the molecule is O=C(NC(CO)c1ccccc1)C1COCCO1. The number of amides is 1. The van der Waals surface area contributed by atoms with Crippen molar-refractivity contribution in [2.75, 3.05) is 26.4 Å². The van der Waals surface area contributed by atoms with Gasteiger partial charge in [-0.2, -0.15) is 0 Å². The highest BCUT2D eigenvalue weighted by molar-refractivity contribution is 5.81. The van der Waals surface area contributed by atoms with Crippen LogP contribution in [0.4, 0.5) is 0 Å². The Morgan fingerprint density at radius 2 is 2.17 bits per heavy atom. The van der Waals surface area contributed by atoms with E-state index in [0.29, 0.717) is 13.2 Å². The van der Waals surface area contributed by atoms with Gasteiger partial charge in [-0.15, -0.1) is 0 Å². The molecule has 1 aliphatic rings. The van der Waals surface area contributed by atoms with Gasteiger partial charge >= 0.3 is 0 Å². The summed E-state index contributed by atoms with van der Waals surface area (Å²) in [4.78, 5) is 11.9. The Morgan fingerprint density at radius 1 is 1.39 bits per heavy atom. The molecule has 1 amide bonds. The van der Waals surface area contributed by atoms with Gasteiger partial charge < -0.3 is 19.9 Å². The molecule has 0 saturated carbocycles. The van der Waals surface area contributed by atoms with E-state index in [1.165, 1.54) is 0 Å². The first-order valence-electron chi connectivity index (χ1n) is 5.97. The number of hydrogen-bond donors (Lipinski definition) is 2. The molecule has 2 unspecified atom stereocenters. The molecule has 1 saturated heterocycles. The van der Waals surface area contributed by atoms with E-state index in [0.717, 1.165) is 5.56 Å². The van der Waals surface area contributed by atoms with Crippen molar-refractivity contribution in [1.82, 2.24) is 5.32 Å². The molecule has 2 atom stereocenters.